The lowest BCUT2D eigenvalue weighted by Gasteiger charge is -2.20. The second kappa shape index (κ2) is 4.77. The molecule has 0 radical (unpaired) electrons. The molecular formula is C9H14N2O4. The minimum Gasteiger partial charge on any atom is -0.480 e. The second-order valence-corrected chi connectivity index (χ2v) is 3.37. The Morgan fingerprint density at radius 2 is 2.27 bits per heavy atom. The third-order valence-corrected chi connectivity index (χ3v) is 2.30. The average Bonchev–Trinajstić information content (AvgIpc) is 2.48. The van der Waals surface area contributed by atoms with Gasteiger partial charge in [-0.1, -0.05) is 0 Å². The molecule has 1 atom stereocenters. The fraction of sp³-hybridized carbons (Fsp3) is 0.667. The Balaban J connectivity index is 2.60. The number of carboxylic acids is 1. The first-order chi connectivity index (χ1) is 7.06. The van der Waals surface area contributed by atoms with Crippen LogP contribution in [0.1, 0.15) is 19.8 Å². The summed E-state index contributed by atoms with van der Waals surface area (Å²) in [6, 6.07) is -0.847. The summed E-state index contributed by atoms with van der Waals surface area (Å²) in [4.78, 5) is 34.4. The van der Waals surface area contributed by atoms with Crippen molar-refractivity contribution in [3.05, 3.63) is 0 Å². The monoisotopic (exact) mass is 214 g/mol. The molecule has 0 spiro atoms. The molecule has 1 saturated heterocycles. The molecule has 84 valence electrons. The number of carboxylic acid groups (broad SMARTS) is 1. The largest absolute Gasteiger partial charge is 0.480 e. The van der Waals surface area contributed by atoms with Crippen LogP contribution < -0.4 is 5.32 Å². The van der Waals surface area contributed by atoms with Crippen LogP contribution in [0.5, 0.6) is 0 Å². The van der Waals surface area contributed by atoms with E-state index in [9.17, 15) is 14.4 Å². The summed E-state index contributed by atoms with van der Waals surface area (Å²) in [5.41, 5.74) is 0. The molecule has 1 unspecified atom stereocenters. The lowest BCUT2D eigenvalue weighted by molar-refractivity contribution is -0.147. The third-order valence-electron chi connectivity index (χ3n) is 2.30. The van der Waals surface area contributed by atoms with E-state index in [1.165, 1.54) is 0 Å². The molecule has 1 rings (SSSR count). The van der Waals surface area contributed by atoms with Gasteiger partial charge in [-0.3, -0.25) is 9.59 Å². The predicted molar refractivity (Wildman–Crippen MR) is 51.1 cm³/mol. The van der Waals surface area contributed by atoms with Crippen molar-refractivity contribution in [1.82, 2.24) is 10.2 Å². The van der Waals surface area contributed by atoms with Gasteiger partial charge in [-0.25, -0.2) is 4.79 Å². The highest BCUT2D eigenvalue weighted by atomic mass is 16.4. The smallest absolute Gasteiger partial charge is 0.326 e. The van der Waals surface area contributed by atoms with Crippen molar-refractivity contribution in [2.45, 2.75) is 25.8 Å². The summed E-state index contributed by atoms with van der Waals surface area (Å²) in [5.74, 6) is -1.64. The number of likely N-dealkylation sites (tertiary alicyclic amines) is 1. The molecule has 6 heteroatoms. The van der Waals surface area contributed by atoms with Crippen LogP contribution in [0.25, 0.3) is 0 Å². The van der Waals surface area contributed by atoms with Gasteiger partial charge in [-0.2, -0.15) is 0 Å². The van der Waals surface area contributed by atoms with Crippen LogP contribution in [0.3, 0.4) is 0 Å². The lowest BCUT2D eigenvalue weighted by atomic mass is 10.2. The Labute approximate surface area is 87.2 Å². The van der Waals surface area contributed by atoms with E-state index in [0.717, 1.165) is 4.90 Å². The lowest BCUT2D eigenvalue weighted by Crippen LogP contribution is -2.44. The molecule has 2 N–H and O–H groups in total. The SMILES string of the molecule is CCNC(=O)CN1C(=O)CCC1C(=O)O. The van der Waals surface area contributed by atoms with E-state index < -0.39 is 12.0 Å². The first kappa shape index (κ1) is 11.5. The summed E-state index contributed by atoms with van der Waals surface area (Å²) in [6.45, 7) is 2.07. The normalized spacial score (nSPS) is 20.5. The highest BCUT2D eigenvalue weighted by Crippen LogP contribution is 2.18. The quantitative estimate of drug-likeness (QED) is 0.641. The fourth-order valence-electron chi connectivity index (χ4n) is 1.60. The van der Waals surface area contributed by atoms with Crippen LogP contribution in [0.15, 0.2) is 0 Å². The molecule has 15 heavy (non-hydrogen) atoms. The van der Waals surface area contributed by atoms with Crippen LogP contribution in [0, 0.1) is 0 Å². The number of rotatable bonds is 4. The number of carbonyl (C=O) groups excluding carboxylic acids is 2. The molecular weight excluding hydrogens is 200 g/mol. The van der Waals surface area contributed by atoms with Crippen LogP contribution in [-0.2, 0) is 14.4 Å². The van der Waals surface area contributed by atoms with E-state index in [-0.39, 0.29) is 31.2 Å². The predicted octanol–water partition coefficient (Wildman–Crippen LogP) is -0.802. The van der Waals surface area contributed by atoms with Gasteiger partial charge in [0.25, 0.3) is 0 Å². The van der Waals surface area contributed by atoms with Gasteiger partial charge < -0.3 is 15.3 Å². The second-order valence-electron chi connectivity index (χ2n) is 3.37. The third kappa shape index (κ3) is 2.68. The van der Waals surface area contributed by atoms with Crippen molar-refractivity contribution in [2.24, 2.45) is 0 Å². The van der Waals surface area contributed by atoms with Gasteiger partial charge in [0.05, 0.1) is 0 Å². The number of likely N-dealkylation sites (N-methyl/N-ethyl adjacent to an activating group) is 1. The van der Waals surface area contributed by atoms with Crippen LogP contribution in [0.2, 0.25) is 0 Å². The van der Waals surface area contributed by atoms with Gasteiger partial charge in [0, 0.05) is 13.0 Å². The van der Waals surface area contributed by atoms with Crippen LogP contribution in [0.4, 0.5) is 0 Å². The highest BCUT2D eigenvalue weighted by Gasteiger charge is 2.36. The van der Waals surface area contributed by atoms with Crippen molar-refractivity contribution in [2.75, 3.05) is 13.1 Å². The molecule has 0 aromatic carbocycles. The number of nitrogens with zero attached hydrogens (tertiary/aromatic N) is 1. The Hall–Kier alpha value is -1.59. The van der Waals surface area contributed by atoms with Crippen molar-refractivity contribution >= 4 is 17.8 Å². The fourth-order valence-corrected chi connectivity index (χ4v) is 1.60. The Kier molecular flexibility index (Phi) is 3.65. The van der Waals surface area contributed by atoms with Crippen LogP contribution >= 0.6 is 0 Å². The van der Waals surface area contributed by atoms with E-state index in [0.29, 0.717) is 6.54 Å². The zero-order valence-electron chi connectivity index (χ0n) is 8.52. The van der Waals surface area contributed by atoms with Crippen molar-refractivity contribution in [3.63, 3.8) is 0 Å². The molecule has 1 heterocycles. The summed E-state index contributed by atoms with van der Waals surface area (Å²) >= 11 is 0. The maximum atomic E-state index is 11.3. The summed E-state index contributed by atoms with van der Waals surface area (Å²) < 4.78 is 0. The molecule has 0 saturated carbocycles. The van der Waals surface area contributed by atoms with E-state index in [1.54, 1.807) is 6.92 Å². The highest BCUT2D eigenvalue weighted by molar-refractivity contribution is 5.91. The number of amides is 2. The van der Waals surface area contributed by atoms with Gasteiger partial charge in [0.1, 0.15) is 12.6 Å². The molecule has 0 aromatic heterocycles. The maximum Gasteiger partial charge on any atom is 0.326 e. The molecule has 2 amide bonds. The molecule has 0 aromatic rings. The topological polar surface area (TPSA) is 86.7 Å². The maximum absolute atomic E-state index is 11.3. The number of nitrogens with one attached hydrogen (secondary N) is 1. The summed E-state index contributed by atoms with van der Waals surface area (Å²) in [7, 11) is 0. The minimum absolute atomic E-state index is 0.163. The number of hydrogen-bond acceptors (Lipinski definition) is 3. The minimum atomic E-state index is -1.05. The number of aliphatic carboxylic acids is 1. The molecule has 6 nitrogen and oxygen atoms in total. The Morgan fingerprint density at radius 3 is 2.80 bits per heavy atom. The molecule has 0 aliphatic carbocycles. The van der Waals surface area contributed by atoms with E-state index in [4.69, 9.17) is 5.11 Å². The molecule has 1 aliphatic heterocycles. The van der Waals surface area contributed by atoms with Crippen LogP contribution in [-0.4, -0.2) is 46.9 Å². The summed E-state index contributed by atoms with van der Waals surface area (Å²) in [5, 5.41) is 11.3. The zero-order valence-corrected chi connectivity index (χ0v) is 8.52. The van der Waals surface area contributed by atoms with Gasteiger partial charge in [-0.05, 0) is 13.3 Å². The van der Waals surface area contributed by atoms with Gasteiger partial charge in [-0.15, -0.1) is 0 Å². The Morgan fingerprint density at radius 1 is 1.60 bits per heavy atom. The van der Waals surface area contributed by atoms with Gasteiger partial charge in [0.2, 0.25) is 11.8 Å². The molecule has 1 aliphatic rings. The molecule has 0 bridgehead atoms. The van der Waals surface area contributed by atoms with E-state index >= 15 is 0 Å². The summed E-state index contributed by atoms with van der Waals surface area (Å²) in [6.07, 6.45) is 0.490. The van der Waals surface area contributed by atoms with Crippen molar-refractivity contribution in [1.29, 1.82) is 0 Å². The van der Waals surface area contributed by atoms with E-state index in [2.05, 4.69) is 5.32 Å². The van der Waals surface area contributed by atoms with Crippen molar-refractivity contribution < 1.29 is 19.5 Å². The standard InChI is InChI=1S/C9H14N2O4/c1-2-10-7(12)5-11-6(9(14)15)3-4-8(11)13/h6H,2-5H2,1H3,(H,10,12)(H,14,15). The number of hydrogen-bond donors (Lipinski definition) is 2. The zero-order chi connectivity index (χ0) is 11.4. The van der Waals surface area contributed by atoms with Gasteiger partial charge in [0.15, 0.2) is 0 Å². The first-order valence-electron chi connectivity index (χ1n) is 4.85. The van der Waals surface area contributed by atoms with Gasteiger partial charge >= 0.3 is 5.97 Å². The first-order valence-corrected chi connectivity index (χ1v) is 4.85. The molecule has 1 fully saturated rings. The van der Waals surface area contributed by atoms with Crippen molar-refractivity contribution in [3.8, 4) is 0 Å². The number of carbonyl (C=O) groups is 3. The van der Waals surface area contributed by atoms with E-state index in [1.807, 2.05) is 0 Å². The average molecular weight is 214 g/mol. The Bertz CT molecular complexity index is 290.